The minimum atomic E-state index is 0.213. The first kappa shape index (κ1) is 15.0. The van der Waals surface area contributed by atoms with Crippen LogP contribution in [0.2, 0.25) is 0 Å². The smallest absolute Gasteiger partial charge is 0.134 e. The van der Waals surface area contributed by atoms with Gasteiger partial charge in [0.2, 0.25) is 0 Å². The van der Waals surface area contributed by atoms with Crippen molar-refractivity contribution in [2.24, 2.45) is 4.99 Å². The van der Waals surface area contributed by atoms with Gasteiger partial charge in [0, 0.05) is 16.7 Å². The molecule has 1 N–H and O–H groups in total. The SMILES string of the molecule is C=CCc1cccc(C=Nc2sc(C)c(C)c2C#N)c1O. The van der Waals surface area contributed by atoms with Crippen molar-refractivity contribution in [3.05, 3.63) is 58.0 Å². The summed E-state index contributed by atoms with van der Waals surface area (Å²) in [5, 5.41) is 20.1. The zero-order valence-electron chi connectivity index (χ0n) is 12.1. The van der Waals surface area contributed by atoms with Gasteiger partial charge in [-0.15, -0.1) is 17.9 Å². The molecule has 0 unspecified atom stereocenters. The van der Waals surface area contributed by atoms with Crippen LogP contribution in [0.4, 0.5) is 5.00 Å². The monoisotopic (exact) mass is 296 g/mol. The third-order valence-electron chi connectivity index (χ3n) is 3.31. The standard InChI is InChI=1S/C17H16N2OS/c1-4-6-13-7-5-8-14(16(13)20)10-19-17-15(9-18)11(2)12(3)21-17/h4-5,7-8,10,20H,1,6H2,2-3H3. The first-order valence-electron chi connectivity index (χ1n) is 6.54. The highest BCUT2D eigenvalue weighted by atomic mass is 32.1. The molecule has 2 rings (SSSR count). The molecule has 21 heavy (non-hydrogen) atoms. The molecule has 2 aromatic rings. The third kappa shape index (κ3) is 3.04. The molecule has 0 aliphatic heterocycles. The molecule has 0 saturated carbocycles. The molecule has 0 fully saturated rings. The van der Waals surface area contributed by atoms with Crippen LogP contribution >= 0.6 is 11.3 Å². The number of nitriles is 1. The molecule has 0 amide bonds. The van der Waals surface area contributed by atoms with E-state index in [0.717, 1.165) is 16.0 Å². The number of phenols is 1. The molecular weight excluding hydrogens is 280 g/mol. The Morgan fingerprint density at radius 2 is 2.19 bits per heavy atom. The van der Waals surface area contributed by atoms with Crippen molar-refractivity contribution in [3.63, 3.8) is 0 Å². The van der Waals surface area contributed by atoms with E-state index in [4.69, 9.17) is 0 Å². The number of allylic oxidation sites excluding steroid dienone is 1. The summed E-state index contributed by atoms with van der Waals surface area (Å²) in [6.07, 6.45) is 3.96. The highest BCUT2D eigenvalue weighted by molar-refractivity contribution is 7.16. The molecule has 0 aliphatic rings. The largest absolute Gasteiger partial charge is 0.507 e. The number of phenolic OH excluding ortho intramolecular Hbond substituents is 1. The molecule has 4 heteroatoms. The number of hydrogen-bond acceptors (Lipinski definition) is 4. The minimum absolute atomic E-state index is 0.213. The van der Waals surface area contributed by atoms with Gasteiger partial charge in [-0.25, -0.2) is 4.99 Å². The third-order valence-corrected chi connectivity index (χ3v) is 4.43. The first-order chi connectivity index (χ1) is 10.1. The van der Waals surface area contributed by atoms with Gasteiger partial charge in [0.25, 0.3) is 0 Å². The average molecular weight is 296 g/mol. The fraction of sp³-hybridized carbons (Fsp3) is 0.176. The van der Waals surface area contributed by atoms with Crippen molar-refractivity contribution in [1.29, 1.82) is 5.26 Å². The van der Waals surface area contributed by atoms with E-state index < -0.39 is 0 Å². The van der Waals surface area contributed by atoms with E-state index in [9.17, 15) is 10.4 Å². The second-order valence-electron chi connectivity index (χ2n) is 4.68. The van der Waals surface area contributed by atoms with Gasteiger partial charge in [-0.3, -0.25) is 0 Å². The summed E-state index contributed by atoms with van der Waals surface area (Å²) in [5.41, 5.74) is 3.03. The Hall–Kier alpha value is -2.38. The Balaban J connectivity index is 2.39. The van der Waals surface area contributed by atoms with Crippen molar-refractivity contribution in [1.82, 2.24) is 0 Å². The van der Waals surface area contributed by atoms with Crippen molar-refractivity contribution in [2.75, 3.05) is 0 Å². The molecule has 0 atom stereocenters. The first-order valence-corrected chi connectivity index (χ1v) is 7.36. The number of aromatic hydroxyl groups is 1. The van der Waals surface area contributed by atoms with Crippen LogP contribution in [-0.4, -0.2) is 11.3 Å². The van der Waals surface area contributed by atoms with Gasteiger partial charge < -0.3 is 5.11 Å². The number of aliphatic imine (C=N–C) groups is 1. The van der Waals surface area contributed by atoms with Crippen molar-refractivity contribution in [3.8, 4) is 11.8 Å². The number of aryl methyl sites for hydroxylation is 1. The molecule has 0 aliphatic carbocycles. The lowest BCUT2D eigenvalue weighted by Gasteiger charge is -2.04. The van der Waals surface area contributed by atoms with Crippen LogP contribution in [0.1, 0.15) is 27.1 Å². The lowest BCUT2D eigenvalue weighted by molar-refractivity contribution is 0.469. The second-order valence-corrected chi connectivity index (χ2v) is 5.88. The quantitative estimate of drug-likeness (QED) is 0.670. The Morgan fingerprint density at radius 1 is 1.43 bits per heavy atom. The van der Waals surface area contributed by atoms with Gasteiger partial charge in [0.05, 0.1) is 5.56 Å². The molecule has 106 valence electrons. The molecule has 0 spiro atoms. The van der Waals surface area contributed by atoms with Crippen LogP contribution in [0, 0.1) is 25.2 Å². The minimum Gasteiger partial charge on any atom is -0.507 e. The predicted molar refractivity (Wildman–Crippen MR) is 87.8 cm³/mol. The second kappa shape index (κ2) is 6.38. The van der Waals surface area contributed by atoms with Gasteiger partial charge in [0.15, 0.2) is 0 Å². The van der Waals surface area contributed by atoms with Crippen molar-refractivity contribution in [2.45, 2.75) is 20.3 Å². The fourth-order valence-corrected chi connectivity index (χ4v) is 2.95. The zero-order chi connectivity index (χ0) is 15.4. The lowest BCUT2D eigenvalue weighted by Crippen LogP contribution is -1.88. The van der Waals surface area contributed by atoms with E-state index in [1.807, 2.05) is 26.0 Å². The molecule has 0 radical (unpaired) electrons. The fourth-order valence-electron chi connectivity index (χ4n) is 2.00. The van der Waals surface area contributed by atoms with Crippen LogP contribution in [0.25, 0.3) is 0 Å². The van der Waals surface area contributed by atoms with Crippen molar-refractivity contribution < 1.29 is 5.11 Å². The Labute approximate surface area is 128 Å². The summed E-state index contributed by atoms with van der Waals surface area (Å²) >= 11 is 1.49. The number of hydrogen-bond donors (Lipinski definition) is 1. The summed E-state index contributed by atoms with van der Waals surface area (Å²) in [4.78, 5) is 5.46. The predicted octanol–water partition coefficient (Wildman–Crippen LogP) is 4.42. The number of nitrogens with zero attached hydrogens (tertiary/aromatic N) is 2. The summed E-state index contributed by atoms with van der Waals surface area (Å²) in [6.45, 7) is 7.57. The van der Waals surface area contributed by atoms with Crippen LogP contribution < -0.4 is 0 Å². The van der Waals surface area contributed by atoms with Crippen LogP contribution in [-0.2, 0) is 6.42 Å². The maximum absolute atomic E-state index is 10.2. The molecule has 3 nitrogen and oxygen atoms in total. The normalized spacial score (nSPS) is 10.7. The highest BCUT2D eigenvalue weighted by Gasteiger charge is 2.11. The van der Waals surface area contributed by atoms with Crippen LogP contribution in [0.3, 0.4) is 0 Å². The van der Waals surface area contributed by atoms with E-state index in [1.54, 1.807) is 18.4 Å². The molecule has 1 heterocycles. The van der Waals surface area contributed by atoms with E-state index in [2.05, 4.69) is 17.6 Å². The van der Waals surface area contributed by atoms with E-state index in [-0.39, 0.29) is 5.75 Å². The molecule has 1 aromatic carbocycles. The van der Waals surface area contributed by atoms with E-state index in [0.29, 0.717) is 22.5 Å². The Morgan fingerprint density at radius 3 is 2.86 bits per heavy atom. The lowest BCUT2D eigenvalue weighted by atomic mass is 10.1. The van der Waals surface area contributed by atoms with Gasteiger partial charge in [-0.1, -0.05) is 18.2 Å². The number of thiophene rings is 1. The topological polar surface area (TPSA) is 56.4 Å². The Bertz CT molecular complexity index is 751. The summed E-state index contributed by atoms with van der Waals surface area (Å²) in [7, 11) is 0. The van der Waals surface area contributed by atoms with Gasteiger partial charge in [-0.05, 0) is 37.5 Å². The zero-order valence-corrected chi connectivity index (χ0v) is 12.9. The molecular formula is C17H16N2OS. The Kier molecular flexibility index (Phi) is 4.56. The van der Waals surface area contributed by atoms with Gasteiger partial charge in [0.1, 0.15) is 16.8 Å². The molecule has 0 saturated heterocycles. The summed E-state index contributed by atoms with van der Waals surface area (Å²) in [5.74, 6) is 0.213. The molecule has 0 bridgehead atoms. The maximum Gasteiger partial charge on any atom is 0.134 e. The van der Waals surface area contributed by atoms with Crippen LogP contribution in [0.5, 0.6) is 5.75 Å². The average Bonchev–Trinajstić information content (AvgIpc) is 2.75. The maximum atomic E-state index is 10.2. The molecule has 1 aromatic heterocycles. The summed E-state index contributed by atoms with van der Waals surface area (Å²) < 4.78 is 0. The number of benzene rings is 1. The van der Waals surface area contributed by atoms with Gasteiger partial charge >= 0.3 is 0 Å². The van der Waals surface area contributed by atoms with E-state index in [1.165, 1.54) is 11.3 Å². The number of para-hydroxylation sites is 1. The van der Waals surface area contributed by atoms with Crippen LogP contribution in [0.15, 0.2) is 35.8 Å². The van der Waals surface area contributed by atoms with Crippen molar-refractivity contribution >= 4 is 22.6 Å². The highest BCUT2D eigenvalue weighted by Crippen LogP contribution is 2.34. The summed E-state index contributed by atoms with van der Waals surface area (Å²) in [6, 6.07) is 7.71. The van der Waals surface area contributed by atoms with E-state index >= 15 is 0 Å². The number of rotatable bonds is 4. The van der Waals surface area contributed by atoms with Gasteiger partial charge in [-0.2, -0.15) is 5.26 Å².